The van der Waals surface area contributed by atoms with Gasteiger partial charge in [-0.2, -0.15) is 0 Å². The van der Waals surface area contributed by atoms with Crippen LogP contribution in [0.3, 0.4) is 0 Å². The van der Waals surface area contributed by atoms with Crippen LogP contribution in [-0.2, 0) is 10.2 Å². The highest BCUT2D eigenvalue weighted by Gasteiger charge is 2.44. The summed E-state index contributed by atoms with van der Waals surface area (Å²) >= 11 is 3.54. The Balaban J connectivity index is 0.00000161. The van der Waals surface area contributed by atoms with E-state index in [0.29, 0.717) is 5.96 Å². The second-order valence-corrected chi connectivity index (χ2v) is 6.48. The van der Waals surface area contributed by atoms with Crippen LogP contribution in [0.25, 0.3) is 0 Å². The SMILES string of the molecule is I.NC(=NCC1(c2cccc(Br)c2)CC1)N1CCOCC1. The molecule has 21 heavy (non-hydrogen) atoms. The van der Waals surface area contributed by atoms with Gasteiger partial charge in [0.25, 0.3) is 0 Å². The van der Waals surface area contributed by atoms with Gasteiger partial charge in [-0.3, -0.25) is 4.99 Å². The average Bonchev–Trinajstić information content (AvgIpc) is 3.27. The first kappa shape index (κ1) is 17.0. The summed E-state index contributed by atoms with van der Waals surface area (Å²) in [5.41, 5.74) is 7.68. The topological polar surface area (TPSA) is 50.8 Å². The van der Waals surface area contributed by atoms with Gasteiger partial charge >= 0.3 is 0 Å². The van der Waals surface area contributed by atoms with Crippen LogP contribution in [0.5, 0.6) is 0 Å². The molecule has 1 aromatic rings. The minimum Gasteiger partial charge on any atom is -0.378 e. The Labute approximate surface area is 151 Å². The van der Waals surface area contributed by atoms with E-state index in [0.717, 1.165) is 37.3 Å². The first-order chi connectivity index (χ1) is 9.70. The van der Waals surface area contributed by atoms with Crippen molar-refractivity contribution in [1.29, 1.82) is 0 Å². The number of morpholine rings is 1. The Kier molecular flexibility index (Phi) is 5.90. The summed E-state index contributed by atoms with van der Waals surface area (Å²) < 4.78 is 6.46. The molecule has 0 unspecified atom stereocenters. The first-order valence-corrected chi connectivity index (χ1v) is 7.88. The highest BCUT2D eigenvalue weighted by Crippen LogP contribution is 2.48. The maximum atomic E-state index is 6.10. The Morgan fingerprint density at radius 1 is 1.33 bits per heavy atom. The fraction of sp³-hybridized carbons (Fsp3) is 0.533. The normalized spacial score (nSPS) is 20.8. The number of nitrogens with two attached hydrogens (primary N) is 1. The standard InChI is InChI=1S/C15H20BrN3O.HI/c16-13-3-1-2-12(10-13)15(4-5-15)11-18-14(17)19-6-8-20-9-7-19;/h1-3,10H,4-9,11H2,(H2,17,18);1H. The van der Waals surface area contributed by atoms with Gasteiger partial charge in [-0.15, -0.1) is 24.0 Å². The molecule has 1 saturated carbocycles. The molecule has 4 nitrogen and oxygen atoms in total. The number of halogens is 2. The molecule has 0 spiro atoms. The number of nitrogens with zero attached hydrogens (tertiary/aromatic N) is 2. The maximum Gasteiger partial charge on any atom is 0.191 e. The van der Waals surface area contributed by atoms with Crippen LogP contribution in [0, 0.1) is 0 Å². The number of aliphatic imine (C=N–C) groups is 1. The maximum absolute atomic E-state index is 6.10. The predicted molar refractivity (Wildman–Crippen MR) is 99.4 cm³/mol. The van der Waals surface area contributed by atoms with Crippen LogP contribution in [0.15, 0.2) is 33.7 Å². The van der Waals surface area contributed by atoms with Gasteiger partial charge in [0.15, 0.2) is 5.96 Å². The van der Waals surface area contributed by atoms with E-state index in [9.17, 15) is 0 Å². The fourth-order valence-corrected chi connectivity index (χ4v) is 3.03. The first-order valence-electron chi connectivity index (χ1n) is 7.08. The van der Waals surface area contributed by atoms with E-state index in [1.165, 1.54) is 18.4 Å². The van der Waals surface area contributed by atoms with Crippen LogP contribution in [0.2, 0.25) is 0 Å². The molecule has 0 radical (unpaired) electrons. The van der Waals surface area contributed by atoms with E-state index >= 15 is 0 Å². The third-order valence-electron chi connectivity index (χ3n) is 4.17. The summed E-state index contributed by atoms with van der Waals surface area (Å²) in [5, 5.41) is 0. The lowest BCUT2D eigenvalue weighted by Crippen LogP contribution is -2.45. The molecular formula is C15H21BrIN3O. The molecule has 1 heterocycles. The van der Waals surface area contributed by atoms with E-state index in [1.54, 1.807) is 0 Å². The van der Waals surface area contributed by atoms with Gasteiger partial charge in [0, 0.05) is 23.0 Å². The van der Waals surface area contributed by atoms with E-state index in [4.69, 9.17) is 10.5 Å². The number of hydrogen-bond donors (Lipinski definition) is 1. The minimum atomic E-state index is 0. The Morgan fingerprint density at radius 3 is 2.67 bits per heavy atom. The van der Waals surface area contributed by atoms with Gasteiger partial charge in [0.05, 0.1) is 19.8 Å². The molecule has 2 fully saturated rings. The second-order valence-electron chi connectivity index (χ2n) is 5.56. The lowest BCUT2D eigenvalue weighted by molar-refractivity contribution is 0.0674. The number of guanidine groups is 1. The summed E-state index contributed by atoms with van der Waals surface area (Å²) in [5.74, 6) is 0.662. The molecule has 1 saturated heterocycles. The largest absolute Gasteiger partial charge is 0.378 e. The Bertz CT molecular complexity index is 513. The number of hydrogen-bond acceptors (Lipinski definition) is 2. The monoisotopic (exact) mass is 465 g/mol. The van der Waals surface area contributed by atoms with E-state index < -0.39 is 0 Å². The molecular weight excluding hydrogens is 445 g/mol. The highest BCUT2D eigenvalue weighted by molar-refractivity contribution is 14.0. The van der Waals surface area contributed by atoms with E-state index in [1.807, 2.05) is 0 Å². The van der Waals surface area contributed by atoms with Crippen LogP contribution < -0.4 is 5.73 Å². The summed E-state index contributed by atoms with van der Waals surface area (Å²) in [6.45, 7) is 3.96. The summed E-state index contributed by atoms with van der Waals surface area (Å²) in [6, 6.07) is 8.55. The zero-order chi connectivity index (χ0) is 14.0. The fourth-order valence-electron chi connectivity index (χ4n) is 2.63. The molecule has 2 aliphatic rings. The van der Waals surface area contributed by atoms with Crippen molar-refractivity contribution in [2.75, 3.05) is 32.8 Å². The molecule has 3 rings (SSSR count). The quantitative estimate of drug-likeness (QED) is 0.424. The van der Waals surface area contributed by atoms with Gasteiger partial charge in [0.2, 0.25) is 0 Å². The summed E-state index contributed by atoms with van der Waals surface area (Å²) in [7, 11) is 0. The predicted octanol–water partition coefficient (Wildman–Crippen LogP) is 2.75. The number of benzene rings is 1. The molecule has 0 atom stereocenters. The van der Waals surface area contributed by atoms with Crippen molar-refractivity contribution >= 4 is 45.9 Å². The summed E-state index contributed by atoms with van der Waals surface area (Å²) in [4.78, 5) is 6.75. The van der Waals surface area contributed by atoms with Crippen LogP contribution in [0.4, 0.5) is 0 Å². The molecule has 1 aliphatic carbocycles. The summed E-state index contributed by atoms with van der Waals surface area (Å²) in [6.07, 6.45) is 2.40. The van der Waals surface area contributed by atoms with Gasteiger partial charge in [-0.05, 0) is 30.5 Å². The molecule has 1 aliphatic heterocycles. The Morgan fingerprint density at radius 2 is 2.05 bits per heavy atom. The molecule has 116 valence electrons. The average molecular weight is 466 g/mol. The lowest BCUT2D eigenvalue weighted by Gasteiger charge is -2.28. The van der Waals surface area contributed by atoms with Gasteiger partial charge in [0.1, 0.15) is 0 Å². The zero-order valence-corrected chi connectivity index (χ0v) is 15.8. The van der Waals surface area contributed by atoms with Crippen molar-refractivity contribution in [2.24, 2.45) is 10.7 Å². The molecule has 6 heteroatoms. The van der Waals surface area contributed by atoms with E-state index in [2.05, 4.69) is 50.1 Å². The highest BCUT2D eigenvalue weighted by atomic mass is 127. The van der Waals surface area contributed by atoms with Crippen LogP contribution in [0.1, 0.15) is 18.4 Å². The van der Waals surface area contributed by atoms with Gasteiger partial charge in [-0.1, -0.05) is 28.1 Å². The smallest absolute Gasteiger partial charge is 0.191 e. The zero-order valence-electron chi connectivity index (χ0n) is 11.9. The van der Waals surface area contributed by atoms with Crippen LogP contribution >= 0.6 is 39.9 Å². The van der Waals surface area contributed by atoms with Gasteiger partial charge < -0.3 is 15.4 Å². The number of ether oxygens (including phenoxy) is 1. The van der Waals surface area contributed by atoms with Crippen molar-refractivity contribution in [3.8, 4) is 0 Å². The Hall–Kier alpha value is -0.340. The molecule has 0 amide bonds. The molecule has 2 N–H and O–H groups in total. The van der Waals surface area contributed by atoms with Crippen molar-refractivity contribution in [1.82, 2.24) is 4.90 Å². The van der Waals surface area contributed by atoms with E-state index in [-0.39, 0.29) is 29.4 Å². The van der Waals surface area contributed by atoms with Crippen LogP contribution in [-0.4, -0.2) is 43.7 Å². The van der Waals surface area contributed by atoms with Crippen molar-refractivity contribution in [2.45, 2.75) is 18.3 Å². The minimum absolute atomic E-state index is 0. The van der Waals surface area contributed by atoms with Crippen molar-refractivity contribution in [3.63, 3.8) is 0 Å². The second kappa shape index (κ2) is 7.28. The number of rotatable bonds is 3. The third-order valence-corrected chi connectivity index (χ3v) is 4.66. The van der Waals surface area contributed by atoms with Crippen molar-refractivity contribution in [3.05, 3.63) is 34.3 Å². The third kappa shape index (κ3) is 4.10. The molecule has 0 aromatic heterocycles. The van der Waals surface area contributed by atoms with Crippen molar-refractivity contribution < 1.29 is 4.74 Å². The van der Waals surface area contributed by atoms with Gasteiger partial charge in [-0.25, -0.2) is 0 Å². The molecule has 0 bridgehead atoms. The lowest BCUT2D eigenvalue weighted by atomic mass is 9.96. The molecule has 1 aromatic carbocycles.